The third kappa shape index (κ3) is 3.52. The van der Waals surface area contributed by atoms with Crippen LogP contribution in [0.15, 0.2) is 28.4 Å². The van der Waals surface area contributed by atoms with Gasteiger partial charge in [0.1, 0.15) is 6.61 Å². The molecular formula is C15H17NO4S. The van der Waals surface area contributed by atoms with Gasteiger partial charge in [0, 0.05) is 16.6 Å². The number of ketones is 1. The molecule has 6 heteroatoms. The van der Waals surface area contributed by atoms with Gasteiger partial charge in [-0.3, -0.25) is 14.2 Å². The number of carbonyl (C=O) groups excluding carboxylic acids is 1. The number of nitrogens with zero attached hydrogens (tertiary/aromatic N) is 1. The summed E-state index contributed by atoms with van der Waals surface area (Å²) in [6.45, 7) is 4.22. The van der Waals surface area contributed by atoms with Crippen molar-refractivity contribution in [1.29, 1.82) is 0 Å². The summed E-state index contributed by atoms with van der Waals surface area (Å²) in [5.74, 6) is 1.04. The lowest BCUT2D eigenvalue weighted by Gasteiger charge is -2.12. The largest absolute Gasteiger partial charge is 0.493 e. The van der Waals surface area contributed by atoms with Gasteiger partial charge in [0.05, 0.1) is 13.7 Å². The second-order valence-corrected chi connectivity index (χ2v) is 5.39. The molecular weight excluding hydrogens is 290 g/mol. The summed E-state index contributed by atoms with van der Waals surface area (Å²) in [5.41, 5.74) is 1.50. The number of carbonyl (C=O) groups is 1. The van der Waals surface area contributed by atoms with Crippen LogP contribution in [0.1, 0.15) is 23.0 Å². The van der Waals surface area contributed by atoms with Gasteiger partial charge >= 0.3 is 4.87 Å². The fourth-order valence-electron chi connectivity index (χ4n) is 1.93. The number of thiazole rings is 1. The summed E-state index contributed by atoms with van der Waals surface area (Å²) >= 11 is 1.18. The third-order valence-electron chi connectivity index (χ3n) is 3.12. The Morgan fingerprint density at radius 2 is 2.10 bits per heavy atom. The molecule has 0 fully saturated rings. The van der Waals surface area contributed by atoms with E-state index in [9.17, 15) is 9.59 Å². The van der Waals surface area contributed by atoms with Crippen LogP contribution >= 0.6 is 11.3 Å². The lowest BCUT2D eigenvalue weighted by atomic mass is 10.1. The normalized spacial score (nSPS) is 10.4. The average molecular weight is 307 g/mol. The Morgan fingerprint density at radius 1 is 1.33 bits per heavy atom. The molecule has 0 atom stereocenters. The zero-order chi connectivity index (χ0) is 15.4. The monoisotopic (exact) mass is 307 g/mol. The number of aryl methyl sites for hydroxylation is 1. The summed E-state index contributed by atoms with van der Waals surface area (Å²) in [6, 6.07) is 5.06. The smallest absolute Gasteiger partial charge is 0.307 e. The van der Waals surface area contributed by atoms with Crippen LogP contribution in [0.25, 0.3) is 0 Å². The molecule has 0 spiro atoms. The van der Waals surface area contributed by atoms with Crippen molar-refractivity contribution in [2.75, 3.05) is 13.7 Å². The van der Waals surface area contributed by atoms with Crippen molar-refractivity contribution in [2.24, 2.45) is 0 Å². The first kappa shape index (κ1) is 15.3. The number of benzene rings is 1. The van der Waals surface area contributed by atoms with Crippen LogP contribution in [0, 0.1) is 6.92 Å². The maximum Gasteiger partial charge on any atom is 0.307 e. The minimum absolute atomic E-state index is 0.00925. The topological polar surface area (TPSA) is 57.5 Å². The molecule has 0 unspecified atom stereocenters. The zero-order valence-electron chi connectivity index (χ0n) is 12.2. The second kappa shape index (κ2) is 6.58. The van der Waals surface area contributed by atoms with Crippen molar-refractivity contribution in [3.05, 3.63) is 44.5 Å². The molecule has 0 saturated heterocycles. The number of aromatic nitrogens is 1. The highest BCUT2D eigenvalue weighted by molar-refractivity contribution is 7.07. The van der Waals surface area contributed by atoms with Crippen LogP contribution in [0.4, 0.5) is 0 Å². The van der Waals surface area contributed by atoms with Crippen LogP contribution in [-0.4, -0.2) is 24.1 Å². The van der Waals surface area contributed by atoms with E-state index >= 15 is 0 Å². The molecule has 2 aromatic rings. The molecule has 1 heterocycles. The van der Waals surface area contributed by atoms with Crippen LogP contribution in [0.5, 0.6) is 11.5 Å². The van der Waals surface area contributed by atoms with Gasteiger partial charge in [0.25, 0.3) is 0 Å². The van der Waals surface area contributed by atoms with Crippen LogP contribution in [-0.2, 0) is 6.54 Å². The first-order valence-electron chi connectivity index (χ1n) is 6.49. The number of Topliss-reactive ketones (excluding diaryl/α,β-unsaturated/α-hetero) is 1. The molecule has 0 bridgehead atoms. The summed E-state index contributed by atoms with van der Waals surface area (Å²) in [6.07, 6.45) is 0. The molecule has 0 N–H and O–H groups in total. The van der Waals surface area contributed by atoms with Crippen molar-refractivity contribution in [2.45, 2.75) is 20.4 Å². The van der Waals surface area contributed by atoms with E-state index in [0.717, 1.165) is 5.69 Å². The van der Waals surface area contributed by atoms with E-state index in [1.165, 1.54) is 25.4 Å². The highest BCUT2D eigenvalue weighted by Gasteiger charge is 2.09. The molecule has 5 nitrogen and oxygen atoms in total. The van der Waals surface area contributed by atoms with E-state index in [-0.39, 0.29) is 10.7 Å². The number of rotatable bonds is 6. The highest BCUT2D eigenvalue weighted by atomic mass is 32.1. The third-order valence-corrected chi connectivity index (χ3v) is 4.00. The lowest BCUT2D eigenvalue weighted by Crippen LogP contribution is -2.19. The Bertz CT molecular complexity index is 702. The Morgan fingerprint density at radius 3 is 2.67 bits per heavy atom. The van der Waals surface area contributed by atoms with E-state index in [2.05, 4.69) is 0 Å². The SMILES string of the molecule is COc1cc(C(C)=O)ccc1OCCn1c(C)csc1=O. The van der Waals surface area contributed by atoms with Gasteiger partial charge in [0.15, 0.2) is 17.3 Å². The van der Waals surface area contributed by atoms with Gasteiger partial charge in [-0.25, -0.2) is 0 Å². The first-order chi connectivity index (χ1) is 10.0. The van der Waals surface area contributed by atoms with Crippen LogP contribution in [0.3, 0.4) is 0 Å². The van der Waals surface area contributed by atoms with Gasteiger partial charge in [-0.15, -0.1) is 0 Å². The van der Waals surface area contributed by atoms with E-state index in [1.54, 1.807) is 22.8 Å². The molecule has 112 valence electrons. The highest BCUT2D eigenvalue weighted by Crippen LogP contribution is 2.28. The van der Waals surface area contributed by atoms with E-state index < -0.39 is 0 Å². The Kier molecular flexibility index (Phi) is 4.80. The standard InChI is InChI=1S/C15H17NO4S/c1-10-9-21-15(18)16(10)6-7-20-13-5-4-12(11(2)17)8-14(13)19-3/h4-5,8-9H,6-7H2,1-3H3. The molecule has 0 aliphatic heterocycles. The number of hydrogen-bond donors (Lipinski definition) is 0. The van der Waals surface area contributed by atoms with Gasteiger partial charge < -0.3 is 9.47 Å². The molecule has 0 aliphatic carbocycles. The second-order valence-electron chi connectivity index (χ2n) is 4.56. The van der Waals surface area contributed by atoms with Gasteiger partial charge in [-0.05, 0) is 32.0 Å². The van der Waals surface area contributed by atoms with Gasteiger partial charge in [0.2, 0.25) is 0 Å². The molecule has 0 radical (unpaired) electrons. The minimum Gasteiger partial charge on any atom is -0.493 e. The summed E-state index contributed by atoms with van der Waals surface area (Å²) in [5, 5.41) is 1.82. The van der Waals surface area contributed by atoms with Gasteiger partial charge in [-0.2, -0.15) is 0 Å². The average Bonchev–Trinajstić information content (AvgIpc) is 2.79. The Hall–Kier alpha value is -2.08. The fourth-order valence-corrected chi connectivity index (χ4v) is 2.69. The van der Waals surface area contributed by atoms with Crippen molar-refractivity contribution in [3.63, 3.8) is 0 Å². The first-order valence-corrected chi connectivity index (χ1v) is 7.37. The van der Waals surface area contributed by atoms with Crippen molar-refractivity contribution in [3.8, 4) is 11.5 Å². The van der Waals surface area contributed by atoms with Gasteiger partial charge in [-0.1, -0.05) is 11.3 Å². The molecule has 0 aliphatic rings. The summed E-state index contributed by atoms with van der Waals surface area (Å²) < 4.78 is 12.6. The van der Waals surface area contributed by atoms with E-state index in [0.29, 0.717) is 30.2 Å². The molecule has 0 saturated carbocycles. The Balaban J connectivity index is 2.06. The number of methoxy groups -OCH3 is 1. The zero-order valence-corrected chi connectivity index (χ0v) is 13.0. The van der Waals surface area contributed by atoms with Crippen LogP contribution < -0.4 is 14.3 Å². The fraction of sp³-hybridized carbons (Fsp3) is 0.333. The molecule has 0 amide bonds. The summed E-state index contributed by atoms with van der Waals surface area (Å²) in [7, 11) is 1.53. The quantitative estimate of drug-likeness (QED) is 0.769. The Labute approximate surface area is 126 Å². The van der Waals surface area contributed by atoms with Crippen molar-refractivity contribution >= 4 is 17.1 Å². The molecule has 2 rings (SSSR count). The maximum atomic E-state index is 11.6. The van der Waals surface area contributed by atoms with E-state index in [4.69, 9.17) is 9.47 Å². The molecule has 1 aromatic heterocycles. The summed E-state index contributed by atoms with van der Waals surface area (Å²) in [4.78, 5) is 22.9. The minimum atomic E-state index is -0.0275. The van der Waals surface area contributed by atoms with Crippen molar-refractivity contribution < 1.29 is 14.3 Å². The lowest BCUT2D eigenvalue weighted by molar-refractivity contribution is 0.101. The predicted molar refractivity (Wildman–Crippen MR) is 81.8 cm³/mol. The number of ether oxygens (including phenoxy) is 2. The van der Waals surface area contributed by atoms with E-state index in [1.807, 2.05) is 12.3 Å². The van der Waals surface area contributed by atoms with Crippen LogP contribution in [0.2, 0.25) is 0 Å². The number of hydrogen-bond acceptors (Lipinski definition) is 5. The molecule has 1 aromatic carbocycles. The van der Waals surface area contributed by atoms with Crippen molar-refractivity contribution in [1.82, 2.24) is 4.57 Å². The maximum absolute atomic E-state index is 11.6. The predicted octanol–water partition coefficient (Wildman–Crippen LogP) is 2.51. The molecule has 21 heavy (non-hydrogen) atoms.